The Balaban J connectivity index is 0.000000504. The number of esters is 1. The van der Waals surface area contributed by atoms with Gasteiger partial charge in [0.1, 0.15) is 0 Å². The zero-order chi connectivity index (χ0) is 25.5. The number of rotatable bonds is 7. The van der Waals surface area contributed by atoms with Gasteiger partial charge in [-0.3, -0.25) is 4.79 Å². The molecular formula is C34H30FeO2S-6. The summed E-state index contributed by atoms with van der Waals surface area (Å²) in [6, 6.07) is 44.8. The third-order valence-electron chi connectivity index (χ3n) is 6.86. The van der Waals surface area contributed by atoms with E-state index in [2.05, 4.69) is 97.1 Å². The predicted octanol–water partition coefficient (Wildman–Crippen LogP) is 7.97. The van der Waals surface area contributed by atoms with E-state index in [-0.39, 0.29) is 23.0 Å². The van der Waals surface area contributed by atoms with Crippen molar-refractivity contribution in [1.29, 1.82) is 0 Å². The van der Waals surface area contributed by atoms with Crippen LogP contribution in [0.15, 0.2) is 127 Å². The van der Waals surface area contributed by atoms with Crippen LogP contribution in [-0.4, -0.2) is 18.8 Å². The molecule has 0 radical (unpaired) electrons. The van der Waals surface area contributed by atoms with Gasteiger partial charge in [0.25, 0.3) is 0 Å². The fourth-order valence-electron chi connectivity index (χ4n) is 5.11. The van der Waals surface area contributed by atoms with E-state index in [1.54, 1.807) is 11.8 Å². The molecule has 6 rings (SSSR count). The minimum absolute atomic E-state index is 0. The van der Waals surface area contributed by atoms with Crippen LogP contribution in [-0.2, 0) is 37.8 Å². The summed E-state index contributed by atoms with van der Waals surface area (Å²) in [5, 5.41) is 0. The molecule has 4 heteroatoms. The Labute approximate surface area is 240 Å². The van der Waals surface area contributed by atoms with Crippen molar-refractivity contribution in [2.75, 3.05) is 12.9 Å². The largest absolute Gasteiger partial charge is 0.748 e. The molecule has 0 amide bonds. The van der Waals surface area contributed by atoms with Crippen molar-refractivity contribution >= 4 is 17.7 Å². The van der Waals surface area contributed by atoms with Gasteiger partial charge in [-0.15, -0.1) is 5.56 Å². The molecule has 38 heavy (non-hydrogen) atoms. The summed E-state index contributed by atoms with van der Waals surface area (Å²) >= 11 is 1.81. The van der Waals surface area contributed by atoms with Crippen molar-refractivity contribution in [3.05, 3.63) is 155 Å². The van der Waals surface area contributed by atoms with Crippen LogP contribution in [0.1, 0.15) is 34.2 Å². The van der Waals surface area contributed by atoms with Crippen molar-refractivity contribution in [1.82, 2.24) is 0 Å². The fraction of sp³-hybridized carbons (Fsp3) is 0.147. The molecule has 1 aliphatic carbocycles. The number of carbonyl (C=O) groups is 1. The van der Waals surface area contributed by atoms with Crippen molar-refractivity contribution in [2.24, 2.45) is 0 Å². The van der Waals surface area contributed by atoms with Gasteiger partial charge in [0, 0.05) is 27.6 Å². The van der Waals surface area contributed by atoms with Crippen LogP contribution < -0.4 is 0 Å². The Kier molecular flexibility index (Phi) is 9.47. The molecule has 198 valence electrons. The Bertz CT molecular complexity index is 1410. The van der Waals surface area contributed by atoms with E-state index in [1.165, 1.54) is 46.1 Å². The van der Waals surface area contributed by atoms with Crippen molar-refractivity contribution in [3.8, 4) is 11.1 Å². The average molecular weight is 559 g/mol. The molecule has 0 saturated carbocycles. The summed E-state index contributed by atoms with van der Waals surface area (Å²) in [7, 11) is 1.45. The van der Waals surface area contributed by atoms with Gasteiger partial charge in [-0.05, 0) is 39.8 Å². The second-order valence-corrected chi connectivity index (χ2v) is 10.4. The summed E-state index contributed by atoms with van der Waals surface area (Å²) < 4.78 is 4.51. The van der Waals surface area contributed by atoms with Crippen LogP contribution in [0.2, 0.25) is 0 Å². The second-order valence-electron chi connectivity index (χ2n) is 9.06. The van der Waals surface area contributed by atoms with Gasteiger partial charge in [0.2, 0.25) is 0 Å². The maximum atomic E-state index is 11.9. The average Bonchev–Trinajstić information content (AvgIpc) is 3.74. The maximum Gasteiger partial charge on any atom is 0.306 e. The molecule has 2 nitrogen and oxygen atoms in total. The Hall–Kier alpha value is -3.30. The standard InChI is InChI=1S/C29H25O2S.C5H5.Fe/c1-31-28(30)17-18-32-29(24-12-6-7-13-24,23-10-3-2-4-11-23)25-15-16-27-22(20-25)19-21-9-5-8-14-26(21)27;1-2-4-5-3-1;/h2-16,20H,17-19H2,1H3;1-5H;/q-1;-5;. The SMILES string of the molecule is COC(=O)CCSC(c1ccccc1)(c1ccc2c(c1)Cc1ccccc1-2)[c-]1cccc1.[Fe].[cH-]1[cH-][cH-][cH-][cH-]1. The number of carbonyl (C=O) groups excluding carboxylic acids is 1. The first-order valence-corrected chi connectivity index (χ1v) is 13.6. The Morgan fingerprint density at radius 2 is 1.45 bits per heavy atom. The van der Waals surface area contributed by atoms with E-state index in [1.807, 2.05) is 30.3 Å². The van der Waals surface area contributed by atoms with Crippen molar-refractivity contribution in [3.63, 3.8) is 0 Å². The summed E-state index contributed by atoms with van der Waals surface area (Å²) in [6.45, 7) is 0. The van der Waals surface area contributed by atoms with Gasteiger partial charge in [-0.2, -0.15) is 23.9 Å². The first-order chi connectivity index (χ1) is 18.2. The van der Waals surface area contributed by atoms with Crippen molar-refractivity contribution in [2.45, 2.75) is 17.6 Å². The smallest absolute Gasteiger partial charge is 0.306 e. The van der Waals surface area contributed by atoms with E-state index in [0.717, 1.165) is 6.42 Å². The first kappa shape index (κ1) is 27.7. The van der Waals surface area contributed by atoms with Crippen LogP contribution in [0.3, 0.4) is 0 Å². The molecule has 5 aromatic carbocycles. The molecule has 0 spiro atoms. The maximum absolute atomic E-state index is 11.9. The van der Waals surface area contributed by atoms with E-state index in [4.69, 9.17) is 4.74 Å². The van der Waals surface area contributed by atoms with Gasteiger partial charge in [-0.1, -0.05) is 72.8 Å². The molecule has 0 heterocycles. The van der Waals surface area contributed by atoms with Gasteiger partial charge in [0.15, 0.2) is 0 Å². The van der Waals surface area contributed by atoms with Crippen LogP contribution in [0.5, 0.6) is 0 Å². The summed E-state index contributed by atoms with van der Waals surface area (Å²) in [5.41, 5.74) is 9.11. The van der Waals surface area contributed by atoms with Gasteiger partial charge in [-0.25, -0.2) is 12.1 Å². The third kappa shape index (κ3) is 5.73. The minimum atomic E-state index is -0.400. The molecule has 1 unspecified atom stereocenters. The normalized spacial score (nSPS) is 12.7. The van der Waals surface area contributed by atoms with Crippen molar-refractivity contribution < 1.29 is 26.6 Å². The number of thioether (sulfide) groups is 1. The van der Waals surface area contributed by atoms with Gasteiger partial charge >= 0.3 is 5.97 Å². The zero-order valence-electron chi connectivity index (χ0n) is 21.3. The number of hydrogen-bond donors (Lipinski definition) is 0. The zero-order valence-corrected chi connectivity index (χ0v) is 23.2. The Morgan fingerprint density at radius 1 is 0.816 bits per heavy atom. The summed E-state index contributed by atoms with van der Waals surface area (Å²) in [6.07, 6.45) is 1.34. The summed E-state index contributed by atoms with van der Waals surface area (Å²) in [5.74, 6) is 0.496. The quantitative estimate of drug-likeness (QED) is 0.113. The molecule has 5 aromatic rings. The number of ether oxygens (including phenoxy) is 1. The number of benzene rings is 3. The van der Waals surface area contributed by atoms with E-state index in [0.29, 0.717) is 12.2 Å². The van der Waals surface area contributed by atoms with Gasteiger partial charge in [0.05, 0.1) is 13.5 Å². The molecule has 1 atom stereocenters. The molecule has 0 N–H and O–H groups in total. The van der Waals surface area contributed by atoms with Crippen LogP contribution in [0.25, 0.3) is 11.1 Å². The topological polar surface area (TPSA) is 26.3 Å². The van der Waals surface area contributed by atoms with E-state index < -0.39 is 4.75 Å². The monoisotopic (exact) mass is 558 g/mol. The van der Waals surface area contributed by atoms with E-state index >= 15 is 0 Å². The van der Waals surface area contributed by atoms with Crippen LogP contribution >= 0.6 is 11.8 Å². The molecule has 1 aliphatic rings. The first-order valence-electron chi connectivity index (χ1n) is 12.6. The fourth-order valence-corrected chi connectivity index (χ4v) is 6.58. The number of methoxy groups -OCH3 is 1. The second kappa shape index (κ2) is 13.0. The van der Waals surface area contributed by atoms with E-state index in [9.17, 15) is 4.79 Å². The number of fused-ring (bicyclic) bond motifs is 3. The number of hydrogen-bond acceptors (Lipinski definition) is 3. The molecule has 0 fully saturated rings. The predicted molar refractivity (Wildman–Crippen MR) is 154 cm³/mol. The Morgan fingerprint density at radius 3 is 2.13 bits per heavy atom. The molecule has 0 saturated heterocycles. The molecule has 0 aliphatic heterocycles. The van der Waals surface area contributed by atoms with Crippen LogP contribution in [0.4, 0.5) is 0 Å². The molecule has 0 bridgehead atoms. The summed E-state index contributed by atoms with van der Waals surface area (Å²) in [4.78, 5) is 11.9. The third-order valence-corrected chi connectivity index (χ3v) is 8.41. The molecular weight excluding hydrogens is 528 g/mol. The van der Waals surface area contributed by atoms with Gasteiger partial charge < -0.3 is 35.1 Å². The van der Waals surface area contributed by atoms with Crippen LogP contribution in [0, 0.1) is 0 Å². The minimum Gasteiger partial charge on any atom is -0.748 e. The molecule has 0 aromatic heterocycles.